The van der Waals surface area contributed by atoms with E-state index in [4.69, 9.17) is 14.7 Å². The van der Waals surface area contributed by atoms with Crippen LogP contribution in [0.5, 0.6) is 0 Å². The molecule has 1 aliphatic rings. The molecule has 0 amide bonds. The van der Waals surface area contributed by atoms with Crippen molar-refractivity contribution in [2.75, 3.05) is 33.0 Å². The van der Waals surface area contributed by atoms with E-state index in [9.17, 15) is 9.50 Å². The molecule has 1 fully saturated rings. The van der Waals surface area contributed by atoms with Gasteiger partial charge in [-0.1, -0.05) is 31.4 Å². The van der Waals surface area contributed by atoms with Gasteiger partial charge in [-0.25, -0.2) is 19.3 Å². The van der Waals surface area contributed by atoms with Crippen LogP contribution in [0.3, 0.4) is 0 Å². The number of hydrogen-bond acceptors (Lipinski definition) is 7. The molecule has 0 atom stereocenters. The van der Waals surface area contributed by atoms with Gasteiger partial charge in [-0.2, -0.15) is 0 Å². The molecule has 3 aromatic rings. The zero-order chi connectivity index (χ0) is 25.9. The predicted molar refractivity (Wildman–Crippen MR) is 145 cm³/mol. The first-order valence-electron chi connectivity index (χ1n) is 12.3. The number of nitrogens with zero attached hydrogens (tertiary/aromatic N) is 5. The van der Waals surface area contributed by atoms with E-state index >= 15 is 0 Å². The molecule has 1 saturated heterocycles. The van der Waals surface area contributed by atoms with E-state index in [0.717, 1.165) is 30.4 Å². The topological polar surface area (TPSA) is 76.3 Å². The molecule has 3 heterocycles. The Morgan fingerprint density at radius 2 is 1.81 bits per heavy atom. The van der Waals surface area contributed by atoms with Gasteiger partial charge in [0, 0.05) is 39.5 Å². The second-order valence-electron chi connectivity index (χ2n) is 10.7. The van der Waals surface area contributed by atoms with Gasteiger partial charge in [0.25, 0.3) is 0 Å². The number of imidazole rings is 1. The Kier molecular flexibility index (Phi) is 8.31. The maximum absolute atomic E-state index is 13.9. The second-order valence-corrected chi connectivity index (χ2v) is 17.1. The van der Waals surface area contributed by atoms with E-state index in [-0.39, 0.29) is 12.5 Å². The highest BCUT2D eigenvalue weighted by Gasteiger charge is 2.39. The fraction of sp³-hybridized carbons (Fsp3) is 0.500. The van der Waals surface area contributed by atoms with Gasteiger partial charge >= 0.3 is 0 Å². The first-order valence-corrected chi connectivity index (χ1v) is 17.3. The SMILES string of the molecule is CSc1nccc(-c2nc(C3(O)CCN(C)CC3)n(COCC[Si](C)(C)C)c2-c2ccc(F)cc2)n1. The lowest BCUT2D eigenvalue weighted by Crippen LogP contribution is -2.42. The molecule has 1 N–H and O–H groups in total. The van der Waals surface area contributed by atoms with E-state index in [2.05, 4.69) is 36.6 Å². The van der Waals surface area contributed by atoms with Crippen molar-refractivity contribution in [3.8, 4) is 22.6 Å². The number of aromatic nitrogens is 4. The molecule has 4 rings (SSSR count). The Bertz CT molecular complexity index is 1170. The average molecular weight is 530 g/mol. The maximum atomic E-state index is 13.9. The number of rotatable bonds is 9. The Labute approximate surface area is 218 Å². The molecule has 0 spiro atoms. The van der Waals surface area contributed by atoms with Gasteiger partial charge in [0.2, 0.25) is 0 Å². The molecule has 0 saturated carbocycles. The fourth-order valence-corrected chi connectivity index (χ4v) is 5.44. The van der Waals surface area contributed by atoms with Crippen LogP contribution in [0, 0.1) is 5.82 Å². The van der Waals surface area contributed by atoms with Gasteiger partial charge in [-0.05, 0) is 62.5 Å². The predicted octanol–water partition coefficient (Wildman–Crippen LogP) is 5.09. The van der Waals surface area contributed by atoms with Gasteiger partial charge in [0.05, 0.1) is 11.4 Å². The molecule has 10 heteroatoms. The second kappa shape index (κ2) is 11.1. The van der Waals surface area contributed by atoms with Crippen molar-refractivity contribution in [3.05, 3.63) is 48.2 Å². The largest absolute Gasteiger partial charge is 0.382 e. The van der Waals surface area contributed by atoms with Gasteiger partial charge < -0.3 is 19.3 Å². The quantitative estimate of drug-likeness (QED) is 0.179. The van der Waals surface area contributed by atoms with Gasteiger partial charge in [0.1, 0.15) is 29.7 Å². The van der Waals surface area contributed by atoms with Crippen LogP contribution in [0.25, 0.3) is 22.6 Å². The summed E-state index contributed by atoms with van der Waals surface area (Å²) in [4.78, 5) is 16.3. The zero-order valence-electron chi connectivity index (χ0n) is 21.8. The van der Waals surface area contributed by atoms with E-state index in [1.165, 1.54) is 23.9 Å². The highest BCUT2D eigenvalue weighted by atomic mass is 32.2. The minimum atomic E-state index is -1.27. The van der Waals surface area contributed by atoms with Crippen LogP contribution in [-0.4, -0.2) is 70.6 Å². The molecule has 0 bridgehead atoms. The fourth-order valence-electron chi connectivity index (χ4n) is 4.33. The number of aliphatic hydroxyl groups is 1. The Hall–Kier alpha value is -2.11. The lowest BCUT2D eigenvalue weighted by molar-refractivity contribution is -0.0357. The van der Waals surface area contributed by atoms with E-state index in [1.807, 2.05) is 16.9 Å². The zero-order valence-corrected chi connectivity index (χ0v) is 23.6. The molecular weight excluding hydrogens is 493 g/mol. The highest BCUT2D eigenvalue weighted by Crippen LogP contribution is 2.39. The van der Waals surface area contributed by atoms with Crippen LogP contribution >= 0.6 is 11.8 Å². The Morgan fingerprint density at radius 1 is 1.11 bits per heavy atom. The van der Waals surface area contributed by atoms with Crippen LogP contribution < -0.4 is 0 Å². The molecule has 1 aromatic carbocycles. The minimum absolute atomic E-state index is 0.248. The Morgan fingerprint density at radius 3 is 2.44 bits per heavy atom. The van der Waals surface area contributed by atoms with Gasteiger partial charge in [0.15, 0.2) is 5.16 Å². The van der Waals surface area contributed by atoms with Crippen molar-refractivity contribution < 1.29 is 14.2 Å². The number of likely N-dealkylation sites (tertiary alicyclic amines) is 1. The summed E-state index contributed by atoms with van der Waals surface area (Å²) in [5.41, 5.74) is 1.75. The monoisotopic (exact) mass is 529 g/mol. The van der Waals surface area contributed by atoms with Crippen molar-refractivity contribution >= 4 is 19.8 Å². The van der Waals surface area contributed by atoms with Crippen molar-refractivity contribution in [1.29, 1.82) is 0 Å². The van der Waals surface area contributed by atoms with Crippen molar-refractivity contribution in [1.82, 2.24) is 24.4 Å². The molecule has 0 radical (unpaired) electrons. The number of ether oxygens (including phenoxy) is 1. The van der Waals surface area contributed by atoms with Crippen LogP contribution in [0.1, 0.15) is 18.7 Å². The van der Waals surface area contributed by atoms with Crippen LogP contribution in [0.15, 0.2) is 41.7 Å². The van der Waals surface area contributed by atoms with Crippen LogP contribution in [0.4, 0.5) is 4.39 Å². The summed E-state index contributed by atoms with van der Waals surface area (Å²) < 4.78 is 22.0. The number of thioether (sulfide) groups is 1. The molecule has 194 valence electrons. The summed E-state index contributed by atoms with van der Waals surface area (Å²) in [6.45, 7) is 9.38. The molecule has 0 aliphatic carbocycles. The number of hydrogen-bond donors (Lipinski definition) is 1. The first kappa shape index (κ1) is 26.9. The number of benzene rings is 1. The van der Waals surface area contributed by atoms with Crippen molar-refractivity contribution in [2.45, 2.75) is 56.0 Å². The summed E-state index contributed by atoms with van der Waals surface area (Å²) in [5, 5.41) is 12.5. The smallest absolute Gasteiger partial charge is 0.187 e. The summed E-state index contributed by atoms with van der Waals surface area (Å²) in [6.07, 6.45) is 4.78. The molecule has 1 aliphatic heterocycles. The summed E-state index contributed by atoms with van der Waals surface area (Å²) >= 11 is 1.46. The summed E-state index contributed by atoms with van der Waals surface area (Å²) in [6, 6.07) is 9.24. The average Bonchev–Trinajstić information content (AvgIpc) is 3.24. The van der Waals surface area contributed by atoms with Crippen molar-refractivity contribution in [2.24, 2.45) is 0 Å². The minimum Gasteiger partial charge on any atom is -0.382 e. The van der Waals surface area contributed by atoms with Gasteiger partial charge in [-0.15, -0.1) is 0 Å². The third-order valence-corrected chi connectivity index (χ3v) is 8.86. The van der Waals surface area contributed by atoms with Crippen LogP contribution in [0.2, 0.25) is 25.7 Å². The third-order valence-electron chi connectivity index (χ3n) is 6.59. The Balaban J connectivity index is 1.86. The standard InChI is InChI=1S/C26H36FN5O2SSi/c1-31-14-11-26(33,12-15-31)24-30-22(21-10-13-28-25(29-21)35-2)23(19-6-8-20(27)9-7-19)32(24)18-34-16-17-36(3,4)5/h6-10,13,33H,11-12,14-18H2,1-5H3. The highest BCUT2D eigenvalue weighted by molar-refractivity contribution is 7.98. The van der Waals surface area contributed by atoms with Crippen molar-refractivity contribution in [3.63, 3.8) is 0 Å². The van der Waals surface area contributed by atoms with Crippen LogP contribution in [-0.2, 0) is 17.1 Å². The lowest BCUT2D eigenvalue weighted by Gasteiger charge is -2.36. The number of halogens is 1. The molecule has 36 heavy (non-hydrogen) atoms. The maximum Gasteiger partial charge on any atom is 0.187 e. The number of piperidine rings is 1. The first-order chi connectivity index (χ1) is 17.1. The van der Waals surface area contributed by atoms with E-state index < -0.39 is 13.7 Å². The lowest BCUT2D eigenvalue weighted by atomic mass is 9.90. The molecule has 7 nitrogen and oxygen atoms in total. The van der Waals surface area contributed by atoms with E-state index in [0.29, 0.717) is 41.8 Å². The molecular formula is C26H36FN5O2SSi. The normalized spacial score (nSPS) is 16.4. The van der Waals surface area contributed by atoms with Gasteiger partial charge in [-0.3, -0.25) is 0 Å². The summed E-state index contributed by atoms with van der Waals surface area (Å²) in [7, 11) is 0.790. The summed E-state index contributed by atoms with van der Waals surface area (Å²) in [5.74, 6) is 0.265. The van der Waals surface area contributed by atoms with E-state index in [1.54, 1.807) is 18.3 Å². The third kappa shape index (κ3) is 6.23. The molecule has 2 aromatic heterocycles. The molecule has 0 unspecified atom stereocenters.